The Balaban J connectivity index is 1.40. The molecule has 1 aliphatic heterocycles. The molecule has 0 unspecified atom stereocenters. The maximum Gasteiger partial charge on any atom is 0.251 e. The minimum Gasteiger partial charge on any atom is -0.493 e. The van der Waals surface area contributed by atoms with Gasteiger partial charge in [0.25, 0.3) is 5.91 Å². The van der Waals surface area contributed by atoms with Crippen molar-refractivity contribution in [1.82, 2.24) is 10.2 Å². The van der Waals surface area contributed by atoms with Crippen LogP contribution in [-0.4, -0.2) is 44.7 Å². The number of hydrogen-bond donors (Lipinski definition) is 1. The molecule has 1 heterocycles. The van der Waals surface area contributed by atoms with E-state index in [1.165, 1.54) is 39.9 Å². The van der Waals surface area contributed by atoms with Gasteiger partial charge in [-0.3, -0.25) is 4.79 Å². The van der Waals surface area contributed by atoms with E-state index in [0.717, 1.165) is 25.9 Å². The van der Waals surface area contributed by atoms with Crippen molar-refractivity contribution in [2.24, 2.45) is 0 Å². The number of nitrogens with one attached hydrogen (secondary N) is 1. The van der Waals surface area contributed by atoms with Gasteiger partial charge in [0.1, 0.15) is 0 Å². The quantitative estimate of drug-likeness (QED) is 0.375. The maximum atomic E-state index is 12.9. The number of likely N-dealkylation sites (tertiary alicyclic amines) is 1. The highest BCUT2D eigenvalue weighted by atomic mass is 16.5. The van der Waals surface area contributed by atoms with Gasteiger partial charge in [0.15, 0.2) is 11.5 Å². The first-order valence-corrected chi connectivity index (χ1v) is 12.5. The summed E-state index contributed by atoms with van der Waals surface area (Å²) in [6.07, 6.45) is 7.80. The molecular weight excluding hydrogens is 448 g/mol. The Labute approximate surface area is 213 Å². The fraction of sp³-hybridized carbons (Fsp3) is 0.258. The van der Waals surface area contributed by atoms with Crippen LogP contribution in [0.4, 0.5) is 0 Å². The third-order valence-electron chi connectivity index (χ3n) is 6.98. The lowest BCUT2D eigenvalue weighted by Crippen LogP contribution is -2.37. The second-order valence-corrected chi connectivity index (χ2v) is 9.10. The Kier molecular flexibility index (Phi) is 7.08. The third-order valence-corrected chi connectivity index (χ3v) is 6.98. The molecule has 0 atom stereocenters. The number of allylic oxidation sites excluding steroid dienone is 1. The molecular formula is C31H32N2O3. The highest BCUT2D eigenvalue weighted by Crippen LogP contribution is 2.39. The average molecular weight is 481 g/mol. The Morgan fingerprint density at radius 3 is 2.19 bits per heavy atom. The Bertz CT molecular complexity index is 1270. The number of hydrogen-bond acceptors (Lipinski definition) is 4. The number of ether oxygens (including phenoxy) is 2. The van der Waals surface area contributed by atoms with E-state index in [1.807, 2.05) is 0 Å². The Hall–Kier alpha value is -3.99. The molecule has 1 saturated heterocycles. The van der Waals surface area contributed by atoms with E-state index in [9.17, 15) is 4.79 Å². The predicted molar refractivity (Wildman–Crippen MR) is 145 cm³/mol. The summed E-state index contributed by atoms with van der Waals surface area (Å²) in [4.78, 5) is 15.3. The molecule has 2 aliphatic rings. The maximum absolute atomic E-state index is 12.9. The summed E-state index contributed by atoms with van der Waals surface area (Å²) in [5.74, 6) is 1.04. The van der Waals surface area contributed by atoms with E-state index >= 15 is 0 Å². The van der Waals surface area contributed by atoms with Crippen LogP contribution in [0, 0.1) is 0 Å². The molecule has 0 saturated carbocycles. The number of methoxy groups -OCH3 is 2. The van der Waals surface area contributed by atoms with Gasteiger partial charge < -0.3 is 19.7 Å². The number of piperidine rings is 1. The second kappa shape index (κ2) is 10.7. The van der Waals surface area contributed by atoms with Crippen molar-refractivity contribution < 1.29 is 14.3 Å². The number of carbonyl (C=O) groups excluding carboxylic acids is 1. The van der Waals surface area contributed by atoms with Gasteiger partial charge in [-0.05, 0) is 59.7 Å². The lowest BCUT2D eigenvalue weighted by atomic mass is 9.89. The normalized spacial score (nSPS) is 14.6. The number of fused-ring (bicyclic) bond motifs is 2. The molecule has 3 aromatic rings. The molecule has 3 aromatic carbocycles. The van der Waals surface area contributed by atoms with E-state index in [1.54, 1.807) is 32.4 Å². The van der Waals surface area contributed by atoms with Crippen molar-refractivity contribution in [2.75, 3.05) is 33.9 Å². The van der Waals surface area contributed by atoms with Gasteiger partial charge in [-0.15, -0.1) is 0 Å². The molecule has 1 aliphatic carbocycles. The van der Waals surface area contributed by atoms with Crippen molar-refractivity contribution >= 4 is 23.6 Å². The lowest BCUT2D eigenvalue weighted by Gasteiger charge is -2.34. The van der Waals surface area contributed by atoms with Crippen molar-refractivity contribution in [2.45, 2.75) is 19.3 Å². The molecule has 0 radical (unpaired) electrons. The molecule has 0 aromatic heterocycles. The summed E-state index contributed by atoms with van der Waals surface area (Å²) < 4.78 is 10.6. The van der Waals surface area contributed by atoms with Crippen LogP contribution < -0.4 is 14.8 Å². The van der Waals surface area contributed by atoms with E-state index in [-0.39, 0.29) is 5.91 Å². The highest BCUT2D eigenvalue weighted by molar-refractivity contribution is 5.95. The van der Waals surface area contributed by atoms with Gasteiger partial charge in [-0.2, -0.15) is 0 Å². The first-order valence-electron chi connectivity index (χ1n) is 12.5. The van der Waals surface area contributed by atoms with Crippen LogP contribution in [0.25, 0.3) is 17.7 Å². The van der Waals surface area contributed by atoms with Crippen LogP contribution in [0.15, 0.2) is 72.4 Å². The zero-order chi connectivity index (χ0) is 24.9. The average Bonchev–Trinajstić information content (AvgIpc) is 3.10. The topological polar surface area (TPSA) is 50.8 Å². The van der Waals surface area contributed by atoms with Crippen molar-refractivity contribution in [3.63, 3.8) is 0 Å². The van der Waals surface area contributed by atoms with Crippen LogP contribution in [-0.2, 0) is 0 Å². The molecule has 5 rings (SSSR count). The molecule has 36 heavy (non-hydrogen) atoms. The van der Waals surface area contributed by atoms with Gasteiger partial charge in [0.05, 0.1) is 14.2 Å². The van der Waals surface area contributed by atoms with Gasteiger partial charge in [-0.25, -0.2) is 0 Å². The van der Waals surface area contributed by atoms with Gasteiger partial charge in [0.2, 0.25) is 0 Å². The predicted octanol–water partition coefficient (Wildman–Crippen LogP) is 5.86. The van der Waals surface area contributed by atoms with Crippen molar-refractivity contribution in [1.29, 1.82) is 0 Å². The SMILES string of the molecule is COc1ccc(C(=O)NCCN2CCCCC2=C2c3ccccc3C=Cc3ccccc32)cc1OC. The summed E-state index contributed by atoms with van der Waals surface area (Å²) >= 11 is 0. The minimum atomic E-state index is -0.114. The summed E-state index contributed by atoms with van der Waals surface area (Å²) in [6.45, 7) is 2.31. The number of rotatable bonds is 6. The monoisotopic (exact) mass is 480 g/mol. The summed E-state index contributed by atoms with van der Waals surface area (Å²) in [5, 5.41) is 3.10. The van der Waals surface area contributed by atoms with Gasteiger partial charge in [0, 0.05) is 36.5 Å². The first kappa shape index (κ1) is 23.7. The van der Waals surface area contributed by atoms with Crippen LogP contribution in [0.3, 0.4) is 0 Å². The lowest BCUT2D eigenvalue weighted by molar-refractivity contribution is 0.0949. The fourth-order valence-corrected chi connectivity index (χ4v) is 5.18. The van der Waals surface area contributed by atoms with E-state index in [2.05, 4.69) is 70.9 Å². The summed E-state index contributed by atoms with van der Waals surface area (Å²) in [7, 11) is 3.16. The van der Waals surface area contributed by atoms with Gasteiger partial charge >= 0.3 is 0 Å². The smallest absolute Gasteiger partial charge is 0.251 e. The van der Waals surface area contributed by atoms with E-state index in [4.69, 9.17) is 9.47 Å². The van der Waals surface area contributed by atoms with Crippen molar-refractivity contribution in [3.8, 4) is 11.5 Å². The minimum absolute atomic E-state index is 0.114. The second-order valence-electron chi connectivity index (χ2n) is 9.10. The van der Waals surface area contributed by atoms with Crippen LogP contribution in [0.2, 0.25) is 0 Å². The number of nitrogens with zero attached hydrogens (tertiary/aromatic N) is 1. The largest absolute Gasteiger partial charge is 0.493 e. The van der Waals surface area contributed by atoms with Crippen LogP contribution in [0.1, 0.15) is 51.9 Å². The van der Waals surface area contributed by atoms with Crippen LogP contribution >= 0.6 is 0 Å². The third kappa shape index (κ3) is 4.74. The zero-order valence-electron chi connectivity index (χ0n) is 20.9. The Morgan fingerprint density at radius 2 is 1.53 bits per heavy atom. The highest BCUT2D eigenvalue weighted by Gasteiger charge is 2.24. The molecule has 0 spiro atoms. The zero-order valence-corrected chi connectivity index (χ0v) is 20.9. The van der Waals surface area contributed by atoms with E-state index < -0.39 is 0 Å². The summed E-state index contributed by atoms with van der Waals surface area (Å²) in [5.41, 5.74) is 8.27. The molecule has 5 nitrogen and oxygen atoms in total. The molecule has 0 bridgehead atoms. The summed E-state index contributed by atoms with van der Waals surface area (Å²) in [6, 6.07) is 22.5. The number of carbonyl (C=O) groups is 1. The molecule has 5 heteroatoms. The molecule has 1 N–H and O–H groups in total. The molecule has 1 amide bonds. The molecule has 184 valence electrons. The Morgan fingerprint density at radius 1 is 0.861 bits per heavy atom. The standard InChI is InChI=1S/C31H32N2O3/c1-35-28-17-16-24(21-29(28)36-2)31(34)32-18-20-33-19-8-7-13-27(33)30-25-11-5-3-9-22(25)14-15-23-10-4-6-12-26(23)30/h3-6,9-12,14-17,21H,7-8,13,18-20H2,1-2H3,(H,32,34). The first-order chi connectivity index (χ1) is 17.7. The fourth-order valence-electron chi connectivity index (χ4n) is 5.18. The number of amides is 1. The van der Waals surface area contributed by atoms with Gasteiger partial charge in [-0.1, -0.05) is 60.7 Å². The number of benzene rings is 3. The van der Waals surface area contributed by atoms with Crippen molar-refractivity contribution in [3.05, 3.63) is 100 Å². The molecule has 1 fully saturated rings. The van der Waals surface area contributed by atoms with E-state index in [0.29, 0.717) is 23.6 Å². The van der Waals surface area contributed by atoms with Crippen LogP contribution in [0.5, 0.6) is 11.5 Å².